The van der Waals surface area contributed by atoms with Crippen LogP contribution in [0, 0.1) is 0 Å². The van der Waals surface area contributed by atoms with Crippen LogP contribution in [0.3, 0.4) is 0 Å². The molecule has 0 atom stereocenters. The van der Waals surface area contributed by atoms with Gasteiger partial charge in [0.15, 0.2) is 0 Å². The van der Waals surface area contributed by atoms with Crippen molar-refractivity contribution in [2.45, 2.75) is 12.8 Å². The Morgan fingerprint density at radius 3 is 1.94 bits per heavy atom. The number of carbonyl (C=O) groups excluding carboxylic acids is 1. The van der Waals surface area contributed by atoms with Gasteiger partial charge in [-0.1, -0.05) is 24.8 Å². The molecule has 5 heteroatoms. The van der Waals surface area contributed by atoms with E-state index in [0.29, 0.717) is 6.61 Å². The van der Waals surface area contributed by atoms with Crippen molar-refractivity contribution in [3.63, 3.8) is 0 Å². The zero-order valence-corrected chi connectivity index (χ0v) is 17.9. The summed E-state index contributed by atoms with van der Waals surface area (Å²) in [6.07, 6.45) is 2.67. The molecule has 0 bridgehead atoms. The van der Waals surface area contributed by atoms with Gasteiger partial charge in [0.1, 0.15) is 11.5 Å². The molecule has 3 aromatic carbocycles. The molecule has 5 nitrogen and oxygen atoms in total. The van der Waals surface area contributed by atoms with E-state index in [-0.39, 0.29) is 0 Å². The summed E-state index contributed by atoms with van der Waals surface area (Å²) in [5.41, 5.74) is 4.24. The second kappa shape index (κ2) is 10.9. The molecule has 160 valence electrons. The smallest absolute Gasteiger partial charge is 0.330 e. The second-order valence-electron chi connectivity index (χ2n) is 6.84. The highest BCUT2D eigenvalue weighted by Crippen LogP contribution is 2.38. The summed E-state index contributed by atoms with van der Waals surface area (Å²) >= 11 is 0. The minimum absolute atomic E-state index is 0.351. The molecular formula is C26H27NO4. The highest BCUT2D eigenvalue weighted by Gasteiger charge is 2.16. The SMILES string of the molecule is C=CC(=O)OCCCc1ccccc1N(c1ccc(OC)cc1)c1ccc(OC)cc1. The van der Waals surface area contributed by atoms with E-state index in [0.717, 1.165) is 47.0 Å². The zero-order chi connectivity index (χ0) is 22.1. The Morgan fingerprint density at radius 2 is 1.42 bits per heavy atom. The summed E-state index contributed by atoms with van der Waals surface area (Å²) in [5.74, 6) is 1.21. The van der Waals surface area contributed by atoms with Crippen LogP contribution in [0.1, 0.15) is 12.0 Å². The van der Waals surface area contributed by atoms with Crippen LogP contribution in [-0.4, -0.2) is 26.8 Å². The van der Waals surface area contributed by atoms with Gasteiger partial charge in [0.2, 0.25) is 0 Å². The largest absolute Gasteiger partial charge is 0.497 e. The van der Waals surface area contributed by atoms with Gasteiger partial charge in [0.05, 0.1) is 20.8 Å². The molecule has 0 aliphatic heterocycles. The Labute approximate surface area is 183 Å². The van der Waals surface area contributed by atoms with Gasteiger partial charge < -0.3 is 19.1 Å². The van der Waals surface area contributed by atoms with Gasteiger partial charge in [0.25, 0.3) is 0 Å². The molecule has 0 saturated carbocycles. The fourth-order valence-electron chi connectivity index (χ4n) is 3.32. The number of para-hydroxylation sites is 1. The maximum Gasteiger partial charge on any atom is 0.330 e. The van der Waals surface area contributed by atoms with E-state index in [4.69, 9.17) is 14.2 Å². The van der Waals surface area contributed by atoms with E-state index in [9.17, 15) is 4.79 Å². The molecule has 0 N–H and O–H groups in total. The minimum Gasteiger partial charge on any atom is -0.497 e. The fraction of sp³-hybridized carbons (Fsp3) is 0.192. The minimum atomic E-state index is -0.397. The van der Waals surface area contributed by atoms with Gasteiger partial charge in [-0.05, 0) is 73.0 Å². The molecule has 31 heavy (non-hydrogen) atoms. The van der Waals surface area contributed by atoms with Gasteiger partial charge in [-0.15, -0.1) is 0 Å². The van der Waals surface area contributed by atoms with Crippen molar-refractivity contribution in [2.24, 2.45) is 0 Å². The lowest BCUT2D eigenvalue weighted by Gasteiger charge is -2.28. The number of carbonyl (C=O) groups is 1. The number of hydrogen-bond acceptors (Lipinski definition) is 5. The topological polar surface area (TPSA) is 48.0 Å². The first kappa shape index (κ1) is 22.0. The first-order chi connectivity index (χ1) is 15.2. The molecule has 0 amide bonds. The van der Waals surface area contributed by atoms with Crippen molar-refractivity contribution in [1.82, 2.24) is 0 Å². The van der Waals surface area contributed by atoms with Crippen LogP contribution in [0.25, 0.3) is 0 Å². The molecule has 0 aromatic heterocycles. The summed E-state index contributed by atoms with van der Waals surface area (Å²) in [6, 6.07) is 24.2. The first-order valence-corrected chi connectivity index (χ1v) is 10.1. The molecule has 0 aliphatic rings. The van der Waals surface area contributed by atoms with Crippen LogP contribution in [-0.2, 0) is 16.0 Å². The number of benzene rings is 3. The van der Waals surface area contributed by atoms with E-state index < -0.39 is 5.97 Å². The van der Waals surface area contributed by atoms with Crippen LogP contribution in [0.15, 0.2) is 85.5 Å². The average Bonchev–Trinajstić information content (AvgIpc) is 2.83. The maximum atomic E-state index is 11.3. The van der Waals surface area contributed by atoms with E-state index in [1.165, 1.54) is 6.08 Å². The standard InChI is InChI=1S/C26H27NO4/c1-4-26(28)31-19-7-9-20-8-5-6-10-25(20)27(21-11-15-23(29-2)16-12-21)22-13-17-24(30-3)18-14-22/h4-6,8,10-18H,1,7,9,19H2,2-3H3. The second-order valence-corrected chi connectivity index (χ2v) is 6.84. The lowest BCUT2D eigenvalue weighted by atomic mass is 10.0. The highest BCUT2D eigenvalue weighted by molar-refractivity contribution is 5.81. The predicted octanol–water partition coefficient (Wildman–Crippen LogP) is 5.84. The van der Waals surface area contributed by atoms with Crippen molar-refractivity contribution in [2.75, 3.05) is 25.7 Å². The number of rotatable bonds is 10. The van der Waals surface area contributed by atoms with E-state index in [1.54, 1.807) is 14.2 Å². The maximum absolute atomic E-state index is 11.3. The van der Waals surface area contributed by atoms with Crippen LogP contribution < -0.4 is 14.4 Å². The normalized spacial score (nSPS) is 10.3. The van der Waals surface area contributed by atoms with Crippen molar-refractivity contribution < 1.29 is 19.0 Å². The first-order valence-electron chi connectivity index (χ1n) is 10.1. The lowest BCUT2D eigenvalue weighted by molar-refractivity contribution is -0.137. The van der Waals surface area contributed by atoms with Crippen LogP contribution >= 0.6 is 0 Å². The van der Waals surface area contributed by atoms with Gasteiger partial charge >= 0.3 is 5.97 Å². The summed E-state index contributed by atoms with van der Waals surface area (Å²) < 4.78 is 15.8. The molecular weight excluding hydrogens is 390 g/mol. The average molecular weight is 418 g/mol. The monoisotopic (exact) mass is 417 g/mol. The molecule has 0 saturated heterocycles. The number of nitrogens with zero attached hydrogens (tertiary/aromatic N) is 1. The van der Waals surface area contributed by atoms with Gasteiger partial charge in [-0.2, -0.15) is 0 Å². The highest BCUT2D eigenvalue weighted by atomic mass is 16.5. The lowest BCUT2D eigenvalue weighted by Crippen LogP contribution is -2.12. The fourth-order valence-corrected chi connectivity index (χ4v) is 3.32. The van der Waals surface area contributed by atoms with Crippen molar-refractivity contribution in [1.29, 1.82) is 0 Å². The third-order valence-electron chi connectivity index (χ3n) is 4.90. The molecule has 0 fully saturated rings. The molecule has 3 rings (SSSR count). The zero-order valence-electron chi connectivity index (χ0n) is 17.9. The third kappa shape index (κ3) is 5.66. The van der Waals surface area contributed by atoms with Crippen LogP contribution in [0.4, 0.5) is 17.1 Å². The molecule has 0 spiro atoms. The molecule has 0 unspecified atom stereocenters. The van der Waals surface area contributed by atoms with Crippen molar-refractivity contribution in [3.05, 3.63) is 91.0 Å². The Bertz CT molecular complexity index is 949. The quantitative estimate of drug-likeness (QED) is 0.236. The van der Waals surface area contributed by atoms with E-state index in [1.807, 2.05) is 60.7 Å². The Morgan fingerprint density at radius 1 is 0.871 bits per heavy atom. The van der Waals surface area contributed by atoms with Crippen LogP contribution in [0.2, 0.25) is 0 Å². The summed E-state index contributed by atoms with van der Waals surface area (Å²) in [4.78, 5) is 13.5. The van der Waals surface area contributed by atoms with Gasteiger partial charge in [-0.25, -0.2) is 4.79 Å². The van der Waals surface area contributed by atoms with Crippen LogP contribution in [0.5, 0.6) is 11.5 Å². The number of hydrogen-bond donors (Lipinski definition) is 0. The molecule has 0 heterocycles. The summed E-state index contributed by atoms with van der Waals surface area (Å²) in [7, 11) is 3.31. The number of esters is 1. The van der Waals surface area contributed by atoms with Gasteiger partial charge in [0, 0.05) is 23.1 Å². The number of aryl methyl sites for hydroxylation is 1. The molecule has 0 radical (unpaired) electrons. The third-order valence-corrected chi connectivity index (χ3v) is 4.90. The van der Waals surface area contributed by atoms with Crippen molar-refractivity contribution in [3.8, 4) is 11.5 Å². The Hall–Kier alpha value is -3.73. The molecule has 3 aromatic rings. The number of anilines is 3. The van der Waals surface area contributed by atoms with E-state index in [2.05, 4.69) is 23.6 Å². The summed E-state index contributed by atoms with van der Waals surface area (Å²) in [5, 5.41) is 0. The van der Waals surface area contributed by atoms with Gasteiger partial charge in [-0.3, -0.25) is 0 Å². The summed E-state index contributed by atoms with van der Waals surface area (Å²) in [6.45, 7) is 3.78. The van der Waals surface area contributed by atoms with E-state index >= 15 is 0 Å². The predicted molar refractivity (Wildman–Crippen MR) is 124 cm³/mol. The Balaban J connectivity index is 1.94. The number of methoxy groups -OCH3 is 2. The molecule has 0 aliphatic carbocycles. The Kier molecular flexibility index (Phi) is 7.71. The van der Waals surface area contributed by atoms with Crippen molar-refractivity contribution >= 4 is 23.0 Å². The number of ether oxygens (including phenoxy) is 3.